The number of hydrazine groups is 1. The summed E-state index contributed by atoms with van der Waals surface area (Å²) in [6.07, 6.45) is 3.23. The molecule has 1 aliphatic rings. The highest BCUT2D eigenvalue weighted by Crippen LogP contribution is 2.08. The molecule has 0 saturated carbocycles. The molecule has 2 rings (SSSR count). The van der Waals surface area contributed by atoms with Gasteiger partial charge in [0.25, 0.3) is 5.91 Å². The zero-order chi connectivity index (χ0) is 12.1. The van der Waals surface area contributed by atoms with Gasteiger partial charge in [0, 0.05) is 25.5 Å². The zero-order valence-corrected chi connectivity index (χ0v) is 9.48. The van der Waals surface area contributed by atoms with Gasteiger partial charge in [0.15, 0.2) is 0 Å². The number of nitrogens with zero attached hydrogens (tertiary/aromatic N) is 1. The minimum atomic E-state index is -0.104. The van der Waals surface area contributed by atoms with Crippen LogP contribution in [0.25, 0.3) is 0 Å². The number of carbonyl (C=O) groups is 1. The number of ether oxygens (including phenoxy) is 1. The maximum atomic E-state index is 11.9. The number of rotatable bonds is 3. The second kappa shape index (κ2) is 5.60. The lowest BCUT2D eigenvalue weighted by Gasteiger charge is -2.23. The Balaban J connectivity index is 1.93. The maximum Gasteiger partial charge on any atom is 0.253 e. The summed E-state index contributed by atoms with van der Waals surface area (Å²) in [4.78, 5) is 15.9. The van der Waals surface area contributed by atoms with Gasteiger partial charge in [0.2, 0.25) is 0 Å². The van der Waals surface area contributed by atoms with Crippen LogP contribution >= 0.6 is 0 Å². The van der Waals surface area contributed by atoms with Crippen molar-refractivity contribution < 1.29 is 9.53 Å². The molecule has 0 aromatic carbocycles. The third kappa shape index (κ3) is 3.15. The number of nitrogens with two attached hydrogens (primary N) is 1. The van der Waals surface area contributed by atoms with Crippen LogP contribution in [0.15, 0.2) is 18.3 Å². The van der Waals surface area contributed by atoms with Crippen molar-refractivity contribution in [2.75, 3.05) is 18.6 Å². The number of carbonyl (C=O) groups excluding carboxylic acids is 1. The molecule has 0 bridgehead atoms. The van der Waals surface area contributed by atoms with Gasteiger partial charge in [-0.15, -0.1) is 0 Å². The highest BCUT2D eigenvalue weighted by atomic mass is 16.5. The van der Waals surface area contributed by atoms with Crippen LogP contribution in [0.3, 0.4) is 0 Å². The molecule has 6 nitrogen and oxygen atoms in total. The third-order valence-corrected chi connectivity index (χ3v) is 2.73. The number of anilines is 1. The van der Waals surface area contributed by atoms with Crippen LogP contribution in [-0.4, -0.2) is 30.1 Å². The summed E-state index contributed by atoms with van der Waals surface area (Å²) in [7, 11) is 0. The number of hydrogen-bond acceptors (Lipinski definition) is 5. The van der Waals surface area contributed by atoms with Gasteiger partial charge in [-0.2, -0.15) is 0 Å². The molecule has 0 spiro atoms. The molecule has 1 aliphatic heterocycles. The fourth-order valence-electron chi connectivity index (χ4n) is 1.72. The second-order valence-electron chi connectivity index (χ2n) is 3.94. The Bertz CT molecular complexity index is 374. The standard InChI is InChI=1S/C11H16N4O2/c12-15-10-2-1-8(7-13-10)11(16)14-9-3-5-17-6-4-9/h1-2,7,9H,3-6,12H2,(H,13,15)(H,14,16). The topological polar surface area (TPSA) is 89.3 Å². The second-order valence-corrected chi connectivity index (χ2v) is 3.94. The Morgan fingerprint density at radius 1 is 1.41 bits per heavy atom. The van der Waals surface area contributed by atoms with Crippen molar-refractivity contribution in [1.82, 2.24) is 10.3 Å². The summed E-state index contributed by atoms with van der Waals surface area (Å²) in [5, 5.41) is 2.96. The Kier molecular flexibility index (Phi) is 3.89. The monoisotopic (exact) mass is 236 g/mol. The largest absolute Gasteiger partial charge is 0.381 e. The van der Waals surface area contributed by atoms with E-state index in [1.165, 1.54) is 6.20 Å². The number of nitrogen functional groups attached to an aromatic ring is 1. The first-order valence-corrected chi connectivity index (χ1v) is 5.61. The Labute approximate surface area is 99.5 Å². The number of hydrogen-bond donors (Lipinski definition) is 3. The lowest BCUT2D eigenvalue weighted by atomic mass is 10.1. The molecule has 0 unspecified atom stereocenters. The first-order valence-electron chi connectivity index (χ1n) is 5.61. The van der Waals surface area contributed by atoms with E-state index in [0.717, 1.165) is 12.8 Å². The minimum absolute atomic E-state index is 0.104. The Morgan fingerprint density at radius 2 is 2.18 bits per heavy atom. The molecular weight excluding hydrogens is 220 g/mol. The van der Waals surface area contributed by atoms with Crippen LogP contribution in [0, 0.1) is 0 Å². The van der Waals surface area contributed by atoms with Crippen molar-refractivity contribution in [1.29, 1.82) is 0 Å². The molecule has 2 heterocycles. The van der Waals surface area contributed by atoms with Crippen molar-refractivity contribution in [3.8, 4) is 0 Å². The van der Waals surface area contributed by atoms with Crippen molar-refractivity contribution in [3.05, 3.63) is 23.9 Å². The van der Waals surface area contributed by atoms with Crippen molar-refractivity contribution in [2.45, 2.75) is 18.9 Å². The van der Waals surface area contributed by atoms with Gasteiger partial charge < -0.3 is 15.5 Å². The first kappa shape index (κ1) is 11.8. The maximum absolute atomic E-state index is 11.9. The smallest absolute Gasteiger partial charge is 0.253 e. The van der Waals surface area contributed by atoms with Crippen LogP contribution in [-0.2, 0) is 4.74 Å². The normalized spacial score (nSPS) is 16.5. The number of nitrogens with one attached hydrogen (secondary N) is 2. The molecule has 0 atom stereocenters. The molecule has 0 radical (unpaired) electrons. The summed E-state index contributed by atoms with van der Waals surface area (Å²) < 4.78 is 5.23. The van der Waals surface area contributed by atoms with E-state index in [2.05, 4.69) is 15.7 Å². The van der Waals surface area contributed by atoms with Gasteiger partial charge in [-0.1, -0.05) is 0 Å². The van der Waals surface area contributed by atoms with Crippen molar-refractivity contribution in [2.24, 2.45) is 5.84 Å². The SMILES string of the molecule is NNc1ccc(C(=O)NC2CCOCC2)cn1. The highest BCUT2D eigenvalue weighted by Gasteiger charge is 2.16. The van der Waals surface area contributed by atoms with E-state index < -0.39 is 0 Å². The quantitative estimate of drug-likeness (QED) is 0.518. The van der Waals surface area contributed by atoms with E-state index in [1.807, 2.05) is 0 Å². The minimum Gasteiger partial charge on any atom is -0.381 e. The molecule has 1 aromatic heterocycles. The Hall–Kier alpha value is -1.66. The summed E-state index contributed by atoms with van der Waals surface area (Å²) in [5.41, 5.74) is 2.95. The van der Waals surface area contributed by atoms with Gasteiger partial charge in [-0.05, 0) is 25.0 Å². The van der Waals surface area contributed by atoms with E-state index in [4.69, 9.17) is 10.6 Å². The van der Waals surface area contributed by atoms with Gasteiger partial charge in [-0.25, -0.2) is 10.8 Å². The average molecular weight is 236 g/mol. The summed E-state index contributed by atoms with van der Waals surface area (Å²) in [5.74, 6) is 5.63. The number of amides is 1. The molecule has 1 amide bonds. The summed E-state index contributed by atoms with van der Waals surface area (Å²) in [6, 6.07) is 3.55. The lowest BCUT2D eigenvalue weighted by Crippen LogP contribution is -2.38. The van der Waals surface area contributed by atoms with Crippen LogP contribution in [0.4, 0.5) is 5.82 Å². The fraction of sp³-hybridized carbons (Fsp3) is 0.455. The molecule has 6 heteroatoms. The van der Waals surface area contributed by atoms with Gasteiger partial charge >= 0.3 is 0 Å². The highest BCUT2D eigenvalue weighted by molar-refractivity contribution is 5.94. The van der Waals surface area contributed by atoms with Crippen LogP contribution in [0.2, 0.25) is 0 Å². The van der Waals surface area contributed by atoms with Gasteiger partial charge in [0.1, 0.15) is 5.82 Å². The average Bonchev–Trinajstić information content (AvgIpc) is 2.40. The lowest BCUT2D eigenvalue weighted by molar-refractivity contribution is 0.0696. The molecule has 1 saturated heterocycles. The summed E-state index contributed by atoms with van der Waals surface area (Å²) in [6.45, 7) is 1.42. The van der Waals surface area contributed by atoms with E-state index in [-0.39, 0.29) is 11.9 Å². The molecule has 4 N–H and O–H groups in total. The first-order chi connectivity index (χ1) is 8.29. The molecule has 92 valence electrons. The third-order valence-electron chi connectivity index (χ3n) is 2.73. The molecular formula is C11H16N4O2. The number of aromatic nitrogens is 1. The van der Waals surface area contributed by atoms with Gasteiger partial charge in [0.05, 0.1) is 5.56 Å². The summed E-state index contributed by atoms with van der Waals surface area (Å²) >= 11 is 0. The van der Waals surface area contributed by atoms with Crippen LogP contribution in [0.1, 0.15) is 23.2 Å². The molecule has 1 aromatic rings. The van der Waals surface area contributed by atoms with Crippen LogP contribution < -0.4 is 16.6 Å². The predicted molar refractivity (Wildman–Crippen MR) is 63.4 cm³/mol. The van der Waals surface area contributed by atoms with E-state index in [0.29, 0.717) is 24.6 Å². The zero-order valence-electron chi connectivity index (χ0n) is 9.48. The molecule has 1 fully saturated rings. The van der Waals surface area contributed by atoms with E-state index in [9.17, 15) is 4.79 Å². The molecule has 0 aliphatic carbocycles. The van der Waals surface area contributed by atoms with E-state index >= 15 is 0 Å². The predicted octanol–water partition coefficient (Wildman–Crippen LogP) is 0.276. The van der Waals surface area contributed by atoms with Crippen molar-refractivity contribution >= 4 is 11.7 Å². The number of pyridine rings is 1. The fourth-order valence-corrected chi connectivity index (χ4v) is 1.72. The van der Waals surface area contributed by atoms with Gasteiger partial charge in [-0.3, -0.25) is 4.79 Å². The molecule has 17 heavy (non-hydrogen) atoms. The Morgan fingerprint density at radius 3 is 2.76 bits per heavy atom. The van der Waals surface area contributed by atoms with Crippen molar-refractivity contribution in [3.63, 3.8) is 0 Å². The van der Waals surface area contributed by atoms with Crippen LogP contribution in [0.5, 0.6) is 0 Å². The van der Waals surface area contributed by atoms with E-state index in [1.54, 1.807) is 12.1 Å².